The molecule has 0 amide bonds. The molecular formula is C9H8N2O2. The summed E-state index contributed by atoms with van der Waals surface area (Å²) in [6, 6.07) is 7.10. The molecule has 0 saturated heterocycles. The van der Waals surface area contributed by atoms with Crippen molar-refractivity contribution in [3.8, 4) is 11.4 Å². The van der Waals surface area contributed by atoms with Gasteiger partial charge in [0.05, 0.1) is 11.4 Å². The first kappa shape index (κ1) is 7.67. The molecule has 0 fully saturated rings. The maximum atomic E-state index is 10.7. The van der Waals surface area contributed by atoms with E-state index in [-0.39, 0.29) is 0 Å². The van der Waals surface area contributed by atoms with Crippen LogP contribution < -0.4 is 0 Å². The van der Waals surface area contributed by atoms with Gasteiger partial charge in [-0.05, 0) is 24.3 Å². The van der Waals surface area contributed by atoms with Crippen LogP contribution in [-0.2, 0) is 0 Å². The first-order valence-electron chi connectivity index (χ1n) is 3.83. The zero-order valence-corrected chi connectivity index (χ0v) is 6.77. The molecule has 4 nitrogen and oxygen atoms in total. The van der Waals surface area contributed by atoms with E-state index < -0.39 is 6.09 Å². The van der Waals surface area contributed by atoms with Crippen LogP contribution in [-0.4, -0.2) is 20.8 Å². The highest BCUT2D eigenvalue weighted by atomic mass is 16.4. The summed E-state index contributed by atoms with van der Waals surface area (Å²) in [5.41, 5.74) is 1.45. The fraction of sp³-hybridized carbons (Fsp3) is 0. The lowest BCUT2D eigenvalue weighted by Gasteiger charge is -2.00. The Hall–Kier alpha value is -1.97. The molecule has 0 unspecified atom stereocenters. The van der Waals surface area contributed by atoms with Gasteiger partial charge >= 0.3 is 6.09 Å². The highest BCUT2D eigenvalue weighted by molar-refractivity contribution is 5.75. The van der Waals surface area contributed by atoms with Gasteiger partial charge in [0, 0.05) is 12.4 Å². The molecule has 66 valence electrons. The fourth-order valence-electron chi connectivity index (χ4n) is 1.26. The van der Waals surface area contributed by atoms with Crippen molar-refractivity contribution in [2.24, 2.45) is 0 Å². The van der Waals surface area contributed by atoms with Crippen molar-refractivity contribution < 1.29 is 9.90 Å². The second-order valence-electron chi connectivity index (χ2n) is 2.63. The van der Waals surface area contributed by atoms with Crippen LogP contribution in [0.4, 0.5) is 4.79 Å². The normalized spacial score (nSPS) is 10.2. The van der Waals surface area contributed by atoms with Crippen molar-refractivity contribution in [2.75, 3.05) is 0 Å². The zero-order valence-electron chi connectivity index (χ0n) is 6.77. The van der Waals surface area contributed by atoms with Gasteiger partial charge in [0.1, 0.15) is 0 Å². The largest absolute Gasteiger partial charge is 0.464 e. The minimum Gasteiger partial charge on any atom is -0.464 e. The summed E-state index contributed by atoms with van der Waals surface area (Å²) < 4.78 is 1.17. The predicted molar refractivity (Wildman–Crippen MR) is 47.6 cm³/mol. The average molecular weight is 176 g/mol. The highest BCUT2D eigenvalue weighted by Crippen LogP contribution is 2.17. The van der Waals surface area contributed by atoms with E-state index in [1.165, 1.54) is 10.8 Å². The van der Waals surface area contributed by atoms with Gasteiger partial charge in [-0.1, -0.05) is 0 Å². The van der Waals surface area contributed by atoms with Gasteiger partial charge in [0.2, 0.25) is 0 Å². The molecule has 0 spiro atoms. The monoisotopic (exact) mass is 176 g/mol. The molecule has 4 heteroatoms. The van der Waals surface area contributed by atoms with Crippen molar-refractivity contribution in [2.45, 2.75) is 0 Å². The molecule has 2 rings (SSSR count). The van der Waals surface area contributed by atoms with Gasteiger partial charge in [0.25, 0.3) is 0 Å². The van der Waals surface area contributed by atoms with Crippen LogP contribution in [0.3, 0.4) is 0 Å². The van der Waals surface area contributed by atoms with Crippen LogP contribution in [0.15, 0.2) is 36.7 Å². The number of aromatic amines is 1. The molecule has 0 radical (unpaired) electrons. The number of carboxylic acid groups (broad SMARTS) is 1. The minimum atomic E-state index is -0.977. The third-order valence-electron chi connectivity index (χ3n) is 1.83. The van der Waals surface area contributed by atoms with E-state index in [0.29, 0.717) is 5.69 Å². The minimum absolute atomic E-state index is 0.650. The Morgan fingerprint density at radius 1 is 1.38 bits per heavy atom. The van der Waals surface area contributed by atoms with Crippen LogP contribution in [0.2, 0.25) is 0 Å². The SMILES string of the molecule is O=C(O)n1cccc1-c1ccc[nH]1. The van der Waals surface area contributed by atoms with E-state index in [9.17, 15) is 4.79 Å². The molecule has 0 atom stereocenters. The zero-order chi connectivity index (χ0) is 9.26. The Labute approximate surface area is 74.4 Å². The molecule has 2 heterocycles. The lowest BCUT2D eigenvalue weighted by Crippen LogP contribution is -2.07. The van der Waals surface area contributed by atoms with E-state index >= 15 is 0 Å². The number of hydrogen-bond acceptors (Lipinski definition) is 1. The second-order valence-corrected chi connectivity index (χ2v) is 2.63. The number of aromatic nitrogens is 2. The molecule has 0 aliphatic rings. The maximum Gasteiger partial charge on any atom is 0.416 e. The van der Waals surface area contributed by atoms with Crippen LogP contribution in [0.25, 0.3) is 11.4 Å². The van der Waals surface area contributed by atoms with E-state index in [4.69, 9.17) is 5.11 Å². The Balaban J connectivity index is 2.52. The molecule has 2 aromatic heterocycles. The number of rotatable bonds is 1. The third kappa shape index (κ3) is 1.22. The van der Waals surface area contributed by atoms with E-state index in [1.807, 2.05) is 12.1 Å². The lowest BCUT2D eigenvalue weighted by atomic mass is 10.3. The second kappa shape index (κ2) is 2.82. The topological polar surface area (TPSA) is 58.0 Å². The van der Waals surface area contributed by atoms with Crippen LogP contribution in [0, 0.1) is 0 Å². The van der Waals surface area contributed by atoms with E-state index in [2.05, 4.69) is 4.98 Å². The molecule has 2 N–H and O–H groups in total. The number of nitrogens with zero attached hydrogens (tertiary/aromatic N) is 1. The summed E-state index contributed by atoms with van der Waals surface area (Å²) in [6.07, 6.45) is 2.29. The highest BCUT2D eigenvalue weighted by Gasteiger charge is 2.08. The summed E-state index contributed by atoms with van der Waals surface area (Å²) in [4.78, 5) is 13.7. The molecule has 0 saturated carbocycles. The van der Waals surface area contributed by atoms with Crippen molar-refractivity contribution in [3.05, 3.63) is 36.7 Å². The molecule has 0 aliphatic carbocycles. The smallest absolute Gasteiger partial charge is 0.416 e. The number of hydrogen-bond donors (Lipinski definition) is 2. The fourth-order valence-corrected chi connectivity index (χ4v) is 1.26. The number of nitrogens with one attached hydrogen (secondary N) is 1. The molecule has 0 bridgehead atoms. The molecular weight excluding hydrogens is 168 g/mol. The number of H-pyrrole nitrogens is 1. The Morgan fingerprint density at radius 3 is 2.85 bits per heavy atom. The standard InChI is InChI=1S/C9H8N2O2/c12-9(13)11-6-2-4-8(11)7-3-1-5-10-7/h1-6,10H,(H,12,13). The summed E-state index contributed by atoms with van der Waals surface area (Å²) >= 11 is 0. The molecule has 0 aliphatic heterocycles. The van der Waals surface area contributed by atoms with Gasteiger partial charge in [-0.25, -0.2) is 4.79 Å². The van der Waals surface area contributed by atoms with E-state index in [1.54, 1.807) is 18.3 Å². The van der Waals surface area contributed by atoms with Gasteiger partial charge in [-0.15, -0.1) is 0 Å². The van der Waals surface area contributed by atoms with Crippen LogP contribution >= 0.6 is 0 Å². The van der Waals surface area contributed by atoms with Crippen LogP contribution in [0.5, 0.6) is 0 Å². The number of carbonyl (C=O) groups is 1. The maximum absolute atomic E-state index is 10.7. The Bertz CT molecular complexity index is 415. The summed E-state index contributed by atoms with van der Waals surface area (Å²) in [6.45, 7) is 0. The predicted octanol–water partition coefficient (Wildman–Crippen LogP) is 2.01. The Morgan fingerprint density at radius 2 is 2.23 bits per heavy atom. The first-order valence-corrected chi connectivity index (χ1v) is 3.83. The van der Waals surface area contributed by atoms with Crippen molar-refractivity contribution in [3.63, 3.8) is 0 Å². The summed E-state index contributed by atoms with van der Waals surface area (Å²) in [5, 5.41) is 8.80. The van der Waals surface area contributed by atoms with Crippen molar-refractivity contribution >= 4 is 6.09 Å². The molecule has 0 aromatic carbocycles. The van der Waals surface area contributed by atoms with Gasteiger partial charge in [-0.2, -0.15) is 0 Å². The van der Waals surface area contributed by atoms with Crippen LogP contribution in [0.1, 0.15) is 0 Å². The molecule has 2 aromatic rings. The van der Waals surface area contributed by atoms with Crippen molar-refractivity contribution in [1.82, 2.24) is 9.55 Å². The third-order valence-corrected chi connectivity index (χ3v) is 1.83. The first-order chi connectivity index (χ1) is 6.29. The Kier molecular flexibility index (Phi) is 1.66. The summed E-state index contributed by atoms with van der Waals surface area (Å²) in [7, 11) is 0. The van der Waals surface area contributed by atoms with E-state index in [0.717, 1.165) is 5.69 Å². The lowest BCUT2D eigenvalue weighted by molar-refractivity contribution is 0.197. The van der Waals surface area contributed by atoms with Gasteiger partial charge < -0.3 is 10.1 Å². The summed E-state index contributed by atoms with van der Waals surface area (Å²) in [5.74, 6) is 0. The van der Waals surface area contributed by atoms with Gasteiger partial charge in [0.15, 0.2) is 0 Å². The van der Waals surface area contributed by atoms with Gasteiger partial charge in [-0.3, -0.25) is 4.57 Å². The quantitative estimate of drug-likeness (QED) is 0.698. The molecule has 13 heavy (non-hydrogen) atoms. The van der Waals surface area contributed by atoms with Crippen molar-refractivity contribution in [1.29, 1.82) is 0 Å². The average Bonchev–Trinajstić information content (AvgIpc) is 2.74.